The lowest BCUT2D eigenvalue weighted by Gasteiger charge is -2.28. The molecule has 3 aliphatic heterocycles. The number of likely N-dealkylation sites (N-methyl/N-ethyl adjacent to an activating group) is 1. The highest BCUT2D eigenvalue weighted by Crippen LogP contribution is 2.36. The molecule has 0 aromatic heterocycles. The number of hydrogen-bond acceptors (Lipinski definition) is 4. The SMILES string of the molecule is [CH]c1cccc(C2=C[N+]3(C)C(=NN=C3c3ccc4c(c3)OCO4)C=C2)c1. The average molecular weight is 342 g/mol. The van der Waals surface area contributed by atoms with Crippen molar-refractivity contribution in [3.8, 4) is 11.5 Å². The summed E-state index contributed by atoms with van der Waals surface area (Å²) in [4.78, 5) is 0. The summed E-state index contributed by atoms with van der Waals surface area (Å²) >= 11 is 0. The van der Waals surface area contributed by atoms with Gasteiger partial charge >= 0.3 is 0 Å². The maximum atomic E-state index is 5.95. The smallest absolute Gasteiger partial charge is 0.265 e. The molecule has 0 spiro atoms. The van der Waals surface area contributed by atoms with E-state index in [0.29, 0.717) is 4.48 Å². The van der Waals surface area contributed by atoms with E-state index in [1.54, 1.807) is 0 Å². The minimum absolute atomic E-state index is 0.251. The van der Waals surface area contributed by atoms with Gasteiger partial charge in [0.1, 0.15) is 6.20 Å². The molecule has 0 aliphatic carbocycles. The fourth-order valence-electron chi connectivity index (χ4n) is 3.44. The lowest BCUT2D eigenvalue weighted by molar-refractivity contribution is -0.657. The van der Waals surface area contributed by atoms with Crippen LogP contribution in [0.15, 0.2) is 71.0 Å². The highest BCUT2D eigenvalue weighted by molar-refractivity contribution is 6.09. The highest BCUT2D eigenvalue weighted by Gasteiger charge is 2.41. The Bertz CT molecular complexity index is 1050. The van der Waals surface area contributed by atoms with Crippen molar-refractivity contribution in [3.05, 3.63) is 84.4 Å². The first-order valence-corrected chi connectivity index (χ1v) is 8.33. The van der Waals surface area contributed by atoms with Gasteiger partial charge in [0.25, 0.3) is 11.7 Å². The molecule has 0 amide bonds. The van der Waals surface area contributed by atoms with Gasteiger partial charge in [-0.15, -0.1) is 0 Å². The molecule has 5 heteroatoms. The van der Waals surface area contributed by atoms with Gasteiger partial charge in [0.05, 0.1) is 12.6 Å². The molecule has 1 atom stereocenters. The first-order chi connectivity index (χ1) is 12.6. The molecule has 2 aromatic rings. The maximum absolute atomic E-state index is 5.95. The quantitative estimate of drug-likeness (QED) is 0.783. The van der Waals surface area contributed by atoms with Crippen LogP contribution in [0.25, 0.3) is 5.57 Å². The molecule has 0 bridgehead atoms. The van der Waals surface area contributed by atoms with Crippen molar-refractivity contribution in [3.63, 3.8) is 0 Å². The molecule has 2 aromatic carbocycles. The van der Waals surface area contributed by atoms with Crippen LogP contribution in [-0.4, -0.2) is 30.0 Å². The molecule has 3 heterocycles. The summed E-state index contributed by atoms with van der Waals surface area (Å²) in [5, 5.41) is 8.83. The number of fused-ring (bicyclic) bond motifs is 2. The van der Waals surface area contributed by atoms with Crippen molar-refractivity contribution in [1.82, 2.24) is 0 Å². The number of allylic oxidation sites excluding steroid dienone is 2. The number of hydrogen-bond donors (Lipinski definition) is 0. The third-order valence-corrected chi connectivity index (χ3v) is 4.82. The van der Waals surface area contributed by atoms with E-state index >= 15 is 0 Å². The van der Waals surface area contributed by atoms with E-state index in [1.165, 1.54) is 0 Å². The summed E-state index contributed by atoms with van der Waals surface area (Å²) in [5.74, 6) is 3.19. The molecular formula is C21H16N3O2+. The van der Waals surface area contributed by atoms with Crippen molar-refractivity contribution >= 4 is 17.2 Å². The summed E-state index contributed by atoms with van der Waals surface area (Å²) < 4.78 is 11.3. The molecule has 126 valence electrons. The van der Waals surface area contributed by atoms with Crippen LogP contribution in [0.3, 0.4) is 0 Å². The van der Waals surface area contributed by atoms with E-state index in [-0.39, 0.29) is 6.79 Å². The van der Waals surface area contributed by atoms with Crippen molar-refractivity contribution in [2.75, 3.05) is 13.8 Å². The monoisotopic (exact) mass is 342 g/mol. The lowest BCUT2D eigenvalue weighted by atomic mass is 10.0. The highest BCUT2D eigenvalue weighted by atomic mass is 16.7. The minimum Gasteiger partial charge on any atom is -0.454 e. The van der Waals surface area contributed by atoms with Crippen LogP contribution in [0.2, 0.25) is 0 Å². The predicted molar refractivity (Wildman–Crippen MR) is 99.7 cm³/mol. The van der Waals surface area contributed by atoms with Gasteiger partial charge in [-0.2, -0.15) is 4.48 Å². The minimum atomic E-state index is 0.251. The number of rotatable bonds is 2. The van der Waals surface area contributed by atoms with Gasteiger partial charge in [-0.05, 0) is 42.3 Å². The first-order valence-electron chi connectivity index (χ1n) is 8.33. The molecule has 0 saturated heterocycles. The Morgan fingerprint density at radius 3 is 2.73 bits per heavy atom. The van der Waals surface area contributed by atoms with Crippen LogP contribution < -0.4 is 9.47 Å². The zero-order valence-electron chi connectivity index (χ0n) is 14.2. The number of quaternary nitrogens is 1. The molecule has 1 unspecified atom stereocenters. The summed E-state index contributed by atoms with van der Waals surface area (Å²) in [6.45, 7) is 6.20. The van der Waals surface area contributed by atoms with E-state index < -0.39 is 0 Å². The molecule has 0 saturated carbocycles. The van der Waals surface area contributed by atoms with Gasteiger partial charge in [0.2, 0.25) is 6.79 Å². The second-order valence-electron chi connectivity index (χ2n) is 6.57. The molecule has 26 heavy (non-hydrogen) atoms. The summed E-state index contributed by atoms with van der Waals surface area (Å²) in [6.07, 6.45) is 6.19. The van der Waals surface area contributed by atoms with Gasteiger partial charge in [0, 0.05) is 11.6 Å². The van der Waals surface area contributed by atoms with Gasteiger partial charge in [-0.1, -0.05) is 34.5 Å². The van der Waals surface area contributed by atoms with Crippen molar-refractivity contribution in [2.24, 2.45) is 10.2 Å². The normalized spacial score (nSPS) is 22.6. The molecule has 0 N–H and O–H groups in total. The Labute approximate surface area is 151 Å². The molecular weight excluding hydrogens is 326 g/mol. The lowest BCUT2D eigenvalue weighted by Crippen LogP contribution is -2.47. The van der Waals surface area contributed by atoms with Crippen LogP contribution in [-0.2, 0) is 0 Å². The largest absolute Gasteiger partial charge is 0.454 e. The molecule has 5 rings (SSSR count). The van der Waals surface area contributed by atoms with E-state index in [9.17, 15) is 0 Å². The fourth-order valence-corrected chi connectivity index (χ4v) is 3.44. The van der Waals surface area contributed by atoms with Crippen LogP contribution in [0, 0.1) is 6.92 Å². The topological polar surface area (TPSA) is 43.2 Å². The van der Waals surface area contributed by atoms with E-state index in [4.69, 9.17) is 16.4 Å². The van der Waals surface area contributed by atoms with Gasteiger partial charge < -0.3 is 9.47 Å². The third kappa shape index (κ3) is 2.21. The zero-order valence-corrected chi connectivity index (χ0v) is 14.2. The second kappa shape index (κ2) is 5.41. The van der Waals surface area contributed by atoms with Crippen molar-refractivity contribution < 1.29 is 14.0 Å². The Morgan fingerprint density at radius 1 is 0.962 bits per heavy atom. The van der Waals surface area contributed by atoms with Crippen LogP contribution >= 0.6 is 0 Å². The second-order valence-corrected chi connectivity index (χ2v) is 6.57. The number of ether oxygens (including phenoxy) is 2. The predicted octanol–water partition coefficient (Wildman–Crippen LogP) is 3.61. The van der Waals surface area contributed by atoms with E-state index in [2.05, 4.69) is 23.5 Å². The van der Waals surface area contributed by atoms with E-state index in [0.717, 1.165) is 45.4 Å². The molecule has 2 radical (unpaired) electrons. The van der Waals surface area contributed by atoms with Crippen LogP contribution in [0.1, 0.15) is 16.7 Å². The Morgan fingerprint density at radius 2 is 1.85 bits per heavy atom. The maximum Gasteiger partial charge on any atom is 0.265 e. The molecule has 3 aliphatic rings. The standard InChI is InChI=1S/C21H16N3O2/c1-14-4-3-5-15(10-14)17-7-9-20-22-23-21(24(20,2)12-17)16-6-8-18-19(11-16)26-13-25-18/h1,3-12H,13H2,2H3/q+1. The summed E-state index contributed by atoms with van der Waals surface area (Å²) in [5.41, 5.74) is 3.84. The zero-order chi connectivity index (χ0) is 17.7. The number of benzene rings is 2. The third-order valence-electron chi connectivity index (χ3n) is 4.82. The Kier molecular flexibility index (Phi) is 3.14. The van der Waals surface area contributed by atoms with Crippen molar-refractivity contribution in [1.29, 1.82) is 0 Å². The molecule has 5 nitrogen and oxygen atoms in total. The fraction of sp³-hybridized carbons (Fsp3) is 0.0952. The van der Waals surface area contributed by atoms with Crippen molar-refractivity contribution in [2.45, 2.75) is 0 Å². The Balaban J connectivity index is 1.57. The van der Waals surface area contributed by atoms with E-state index in [1.807, 2.05) is 54.6 Å². The summed E-state index contributed by atoms with van der Waals surface area (Å²) in [7, 11) is 2.07. The molecule has 0 fully saturated rings. The van der Waals surface area contributed by atoms with Gasteiger partial charge in [-0.3, -0.25) is 0 Å². The number of nitrogens with zero attached hydrogens (tertiary/aromatic N) is 3. The average Bonchev–Trinajstić information content (AvgIpc) is 3.23. The van der Waals surface area contributed by atoms with Crippen LogP contribution in [0.4, 0.5) is 0 Å². The van der Waals surface area contributed by atoms with Crippen LogP contribution in [0.5, 0.6) is 11.5 Å². The summed E-state index contributed by atoms with van der Waals surface area (Å²) in [6, 6.07) is 13.7. The first kappa shape index (κ1) is 15.1. The van der Waals surface area contributed by atoms with Gasteiger partial charge in [-0.25, -0.2) is 0 Å². The number of amidine groups is 2. The van der Waals surface area contributed by atoms with Gasteiger partial charge in [0.15, 0.2) is 11.5 Å². The Hall–Kier alpha value is -3.18.